The Hall–Kier alpha value is -1.88. The minimum absolute atomic E-state index is 0.117. The Morgan fingerprint density at radius 3 is 2.44 bits per heavy atom. The number of piperazine rings is 1. The second kappa shape index (κ2) is 8.01. The van der Waals surface area contributed by atoms with Crippen molar-refractivity contribution in [2.45, 2.75) is 45.1 Å². The fourth-order valence-corrected chi connectivity index (χ4v) is 4.38. The molecular formula is C22H31N3O2. The van der Waals surface area contributed by atoms with Gasteiger partial charge in [-0.1, -0.05) is 37.6 Å². The molecule has 1 aromatic rings. The van der Waals surface area contributed by atoms with E-state index in [9.17, 15) is 9.59 Å². The lowest BCUT2D eigenvalue weighted by Crippen LogP contribution is -2.54. The molecule has 1 aliphatic carbocycles. The zero-order chi connectivity index (χ0) is 18.8. The summed E-state index contributed by atoms with van der Waals surface area (Å²) in [6, 6.07) is 7.75. The van der Waals surface area contributed by atoms with Crippen molar-refractivity contribution >= 4 is 11.8 Å². The molecule has 1 aromatic carbocycles. The highest BCUT2D eigenvalue weighted by molar-refractivity contribution is 5.91. The molecule has 0 spiro atoms. The molecule has 146 valence electrons. The van der Waals surface area contributed by atoms with Crippen LogP contribution in [0.2, 0.25) is 0 Å². The van der Waals surface area contributed by atoms with Crippen molar-refractivity contribution in [2.75, 3.05) is 39.3 Å². The van der Waals surface area contributed by atoms with E-state index < -0.39 is 6.04 Å². The summed E-state index contributed by atoms with van der Waals surface area (Å²) in [6.45, 7) is 7.43. The van der Waals surface area contributed by atoms with Crippen LogP contribution in [0.15, 0.2) is 24.3 Å². The van der Waals surface area contributed by atoms with Crippen molar-refractivity contribution < 1.29 is 9.59 Å². The summed E-state index contributed by atoms with van der Waals surface area (Å²) in [4.78, 5) is 32.7. The maximum Gasteiger partial charge on any atom is 0.250 e. The first-order valence-electron chi connectivity index (χ1n) is 10.6. The molecule has 0 unspecified atom stereocenters. The van der Waals surface area contributed by atoms with E-state index in [1.165, 1.54) is 18.4 Å². The van der Waals surface area contributed by atoms with Crippen LogP contribution in [0.1, 0.15) is 49.8 Å². The Morgan fingerprint density at radius 1 is 1.00 bits per heavy atom. The number of nitrogens with zero attached hydrogens (tertiary/aromatic N) is 3. The third kappa shape index (κ3) is 3.88. The number of rotatable bonds is 5. The van der Waals surface area contributed by atoms with Gasteiger partial charge >= 0.3 is 0 Å². The largest absolute Gasteiger partial charge is 0.338 e. The van der Waals surface area contributed by atoms with Gasteiger partial charge in [0.25, 0.3) is 0 Å². The van der Waals surface area contributed by atoms with E-state index in [0.29, 0.717) is 6.54 Å². The van der Waals surface area contributed by atoms with Crippen molar-refractivity contribution in [3.05, 3.63) is 35.4 Å². The van der Waals surface area contributed by atoms with E-state index >= 15 is 0 Å². The Kier molecular flexibility index (Phi) is 5.48. The smallest absolute Gasteiger partial charge is 0.250 e. The number of benzene rings is 1. The average molecular weight is 370 g/mol. The molecule has 3 aliphatic rings. The second-order valence-corrected chi connectivity index (χ2v) is 8.18. The third-order valence-corrected chi connectivity index (χ3v) is 6.24. The number of carbonyl (C=O) groups is 2. The van der Waals surface area contributed by atoms with Crippen molar-refractivity contribution in [2.24, 2.45) is 5.92 Å². The molecule has 4 rings (SSSR count). The van der Waals surface area contributed by atoms with Gasteiger partial charge in [-0.25, -0.2) is 0 Å². The van der Waals surface area contributed by atoms with Crippen LogP contribution < -0.4 is 0 Å². The summed E-state index contributed by atoms with van der Waals surface area (Å²) >= 11 is 0. The molecule has 2 amide bonds. The minimum atomic E-state index is -0.426. The fourth-order valence-electron chi connectivity index (χ4n) is 4.38. The maximum absolute atomic E-state index is 13.5. The molecule has 2 heterocycles. The normalized spacial score (nSPS) is 23.2. The maximum atomic E-state index is 13.5. The van der Waals surface area contributed by atoms with Gasteiger partial charge in [-0.2, -0.15) is 0 Å². The number of amides is 2. The van der Waals surface area contributed by atoms with Crippen molar-refractivity contribution in [1.82, 2.24) is 14.7 Å². The van der Waals surface area contributed by atoms with Gasteiger partial charge in [0, 0.05) is 38.6 Å². The average Bonchev–Trinajstić information content (AvgIpc) is 3.56. The van der Waals surface area contributed by atoms with Gasteiger partial charge < -0.3 is 9.80 Å². The van der Waals surface area contributed by atoms with E-state index in [4.69, 9.17) is 0 Å². The monoisotopic (exact) mass is 369 g/mol. The van der Waals surface area contributed by atoms with Crippen LogP contribution in [0.3, 0.4) is 0 Å². The molecule has 0 radical (unpaired) electrons. The summed E-state index contributed by atoms with van der Waals surface area (Å²) < 4.78 is 0. The van der Waals surface area contributed by atoms with Gasteiger partial charge in [0.1, 0.15) is 6.04 Å². The first-order valence-corrected chi connectivity index (χ1v) is 10.6. The Bertz CT molecular complexity index is 693. The van der Waals surface area contributed by atoms with Crippen molar-refractivity contribution in [3.8, 4) is 0 Å². The number of hydrogen-bond donors (Lipinski definition) is 0. The van der Waals surface area contributed by atoms with Gasteiger partial charge in [0.2, 0.25) is 11.8 Å². The van der Waals surface area contributed by atoms with Gasteiger partial charge in [-0.15, -0.1) is 0 Å². The van der Waals surface area contributed by atoms with Crippen LogP contribution in [-0.4, -0.2) is 65.8 Å². The zero-order valence-electron chi connectivity index (χ0n) is 16.4. The summed E-state index contributed by atoms with van der Waals surface area (Å²) in [5.41, 5.74) is 2.26. The van der Waals surface area contributed by atoms with Crippen LogP contribution in [-0.2, 0) is 16.0 Å². The van der Waals surface area contributed by atoms with E-state index in [1.807, 2.05) is 28.0 Å². The number of fused-ring (bicyclic) bond motifs is 1. The quantitative estimate of drug-likeness (QED) is 0.801. The number of carbonyl (C=O) groups excluding carboxylic acids is 2. The summed E-state index contributed by atoms with van der Waals surface area (Å²) in [6.07, 6.45) is 5.23. The van der Waals surface area contributed by atoms with Gasteiger partial charge in [0.15, 0.2) is 0 Å². The molecule has 1 atom stereocenters. The molecule has 1 saturated carbocycles. The highest BCUT2D eigenvalue weighted by Gasteiger charge is 2.43. The standard InChI is InChI=1S/C22H31N3O2/c1-2-3-11-23-13-15-24(16-14-23)22(27)20-19-7-5-4-6-17(19)10-12-25(20)21(26)18-8-9-18/h4-7,18,20H,2-3,8-16H2,1H3/t20-/m0/s1. The molecule has 0 aromatic heterocycles. The first-order chi connectivity index (χ1) is 13.2. The lowest BCUT2D eigenvalue weighted by atomic mass is 9.91. The van der Waals surface area contributed by atoms with Crippen molar-refractivity contribution in [3.63, 3.8) is 0 Å². The van der Waals surface area contributed by atoms with E-state index in [-0.39, 0.29) is 17.7 Å². The van der Waals surface area contributed by atoms with Gasteiger partial charge in [-0.05, 0) is 43.4 Å². The van der Waals surface area contributed by atoms with E-state index in [2.05, 4.69) is 17.9 Å². The zero-order valence-corrected chi connectivity index (χ0v) is 16.4. The predicted molar refractivity (Wildman–Crippen MR) is 105 cm³/mol. The number of unbranched alkanes of at least 4 members (excludes halogenated alkanes) is 1. The van der Waals surface area contributed by atoms with E-state index in [0.717, 1.165) is 57.5 Å². The highest BCUT2D eigenvalue weighted by atomic mass is 16.2. The topological polar surface area (TPSA) is 43.9 Å². The third-order valence-electron chi connectivity index (χ3n) is 6.24. The molecule has 5 heteroatoms. The molecule has 2 fully saturated rings. The SMILES string of the molecule is CCCCN1CCN(C(=O)[C@@H]2c3ccccc3CCN2C(=O)C2CC2)CC1. The molecule has 1 saturated heterocycles. The van der Waals surface area contributed by atoms with Crippen LogP contribution in [0.25, 0.3) is 0 Å². The molecular weight excluding hydrogens is 338 g/mol. The molecule has 2 aliphatic heterocycles. The minimum Gasteiger partial charge on any atom is -0.338 e. The van der Waals surface area contributed by atoms with Gasteiger partial charge in [-0.3, -0.25) is 14.5 Å². The van der Waals surface area contributed by atoms with Crippen LogP contribution in [0.5, 0.6) is 0 Å². The van der Waals surface area contributed by atoms with Gasteiger partial charge in [0.05, 0.1) is 0 Å². The molecule has 27 heavy (non-hydrogen) atoms. The molecule has 0 N–H and O–H groups in total. The highest BCUT2D eigenvalue weighted by Crippen LogP contribution is 2.38. The number of hydrogen-bond acceptors (Lipinski definition) is 3. The summed E-state index contributed by atoms with van der Waals surface area (Å²) in [7, 11) is 0. The van der Waals surface area contributed by atoms with E-state index in [1.54, 1.807) is 0 Å². The van der Waals surface area contributed by atoms with Crippen LogP contribution >= 0.6 is 0 Å². The van der Waals surface area contributed by atoms with Crippen molar-refractivity contribution in [1.29, 1.82) is 0 Å². The Labute approximate surface area is 162 Å². The second-order valence-electron chi connectivity index (χ2n) is 8.18. The Morgan fingerprint density at radius 2 is 1.74 bits per heavy atom. The molecule has 5 nitrogen and oxygen atoms in total. The summed E-state index contributed by atoms with van der Waals surface area (Å²) in [5.74, 6) is 0.451. The predicted octanol–water partition coefficient (Wildman–Crippen LogP) is 2.47. The van der Waals surface area contributed by atoms with Crippen LogP contribution in [0.4, 0.5) is 0 Å². The lowest BCUT2D eigenvalue weighted by Gasteiger charge is -2.41. The Balaban J connectivity index is 1.51. The molecule has 0 bridgehead atoms. The first kappa shape index (κ1) is 18.5. The lowest BCUT2D eigenvalue weighted by molar-refractivity contribution is -0.148. The van der Waals surface area contributed by atoms with Crippen LogP contribution in [0, 0.1) is 5.92 Å². The summed E-state index contributed by atoms with van der Waals surface area (Å²) in [5, 5.41) is 0. The fraction of sp³-hybridized carbons (Fsp3) is 0.636.